The van der Waals surface area contributed by atoms with Crippen LogP contribution < -0.4 is 4.90 Å². The molecule has 2 aromatic heterocycles. The molecule has 0 spiro atoms. The third-order valence-corrected chi connectivity index (χ3v) is 7.30. The second kappa shape index (κ2) is 9.18. The predicted octanol–water partition coefficient (Wildman–Crippen LogP) is 4.43. The first-order valence-electron chi connectivity index (χ1n) is 10.2. The molecule has 0 N–H and O–H groups in total. The molecule has 0 unspecified atom stereocenters. The van der Waals surface area contributed by atoms with Crippen molar-refractivity contribution in [2.45, 2.75) is 31.2 Å². The van der Waals surface area contributed by atoms with Crippen molar-refractivity contribution in [2.75, 3.05) is 11.2 Å². The van der Waals surface area contributed by atoms with Crippen LogP contribution in [0.25, 0.3) is 10.2 Å². The van der Waals surface area contributed by atoms with E-state index >= 15 is 0 Å². The molecule has 0 saturated heterocycles. The van der Waals surface area contributed by atoms with E-state index in [0.29, 0.717) is 11.7 Å². The summed E-state index contributed by atoms with van der Waals surface area (Å²) >= 11 is 1.49. The minimum Gasteiger partial charge on any atom is -0.282 e. The molecule has 4 rings (SSSR count). The molecule has 0 fully saturated rings. The number of benzene rings is 2. The van der Waals surface area contributed by atoms with E-state index in [0.717, 1.165) is 27.9 Å². The molecule has 0 aliphatic heterocycles. The number of aromatic nitrogens is 2. The Morgan fingerprint density at radius 1 is 1.03 bits per heavy atom. The summed E-state index contributed by atoms with van der Waals surface area (Å²) < 4.78 is 24.4. The van der Waals surface area contributed by atoms with E-state index in [-0.39, 0.29) is 17.2 Å². The predicted molar refractivity (Wildman–Crippen MR) is 128 cm³/mol. The summed E-state index contributed by atoms with van der Waals surface area (Å²) in [7, 11) is -3.28. The molecule has 0 radical (unpaired) electrons. The molecular formula is C24H23N3O3S2. The van der Waals surface area contributed by atoms with Gasteiger partial charge in [0.2, 0.25) is 5.91 Å². The highest BCUT2D eigenvalue weighted by molar-refractivity contribution is 7.90. The number of nitrogens with zero attached hydrogens (tertiary/aromatic N) is 3. The zero-order chi connectivity index (χ0) is 22.7. The van der Waals surface area contributed by atoms with Crippen LogP contribution in [0.5, 0.6) is 0 Å². The van der Waals surface area contributed by atoms with Crippen LogP contribution in [-0.2, 0) is 34.0 Å². The van der Waals surface area contributed by atoms with Crippen molar-refractivity contribution < 1.29 is 13.2 Å². The molecule has 0 saturated carbocycles. The summed E-state index contributed by atoms with van der Waals surface area (Å²) in [5.74, 6) is -0.127. The van der Waals surface area contributed by atoms with Crippen LogP contribution in [-0.4, -0.2) is 30.5 Å². The number of aryl methyl sites for hydroxylation is 1. The highest BCUT2D eigenvalue weighted by Crippen LogP contribution is 2.31. The smallest absolute Gasteiger partial charge is 0.233 e. The molecule has 4 aromatic rings. The number of sulfone groups is 1. The molecule has 6 nitrogen and oxygen atoms in total. The van der Waals surface area contributed by atoms with Gasteiger partial charge in [-0.05, 0) is 53.9 Å². The van der Waals surface area contributed by atoms with E-state index < -0.39 is 9.84 Å². The Balaban J connectivity index is 1.65. The first kappa shape index (κ1) is 22.1. The second-order valence-electron chi connectivity index (χ2n) is 7.55. The summed E-state index contributed by atoms with van der Waals surface area (Å²) in [6.45, 7) is 2.41. The lowest BCUT2D eigenvalue weighted by molar-refractivity contribution is -0.118. The van der Waals surface area contributed by atoms with Crippen LogP contribution in [0.15, 0.2) is 71.8 Å². The van der Waals surface area contributed by atoms with Crippen molar-refractivity contribution in [3.8, 4) is 0 Å². The third kappa shape index (κ3) is 5.03. The zero-order valence-corrected chi connectivity index (χ0v) is 19.5. The minimum absolute atomic E-state index is 0.127. The Morgan fingerprint density at radius 3 is 2.44 bits per heavy atom. The lowest BCUT2D eigenvalue weighted by Crippen LogP contribution is -2.32. The quantitative estimate of drug-likeness (QED) is 0.403. The van der Waals surface area contributed by atoms with Crippen molar-refractivity contribution in [3.63, 3.8) is 0 Å². The van der Waals surface area contributed by atoms with Gasteiger partial charge < -0.3 is 0 Å². The maximum absolute atomic E-state index is 13.3. The molecule has 0 aliphatic carbocycles. The SMILES string of the molecule is CCc1ccc2nc(N(Cc3ccccn3)C(=O)Cc3ccc(S(C)(=O)=O)cc3)sc2c1. The van der Waals surface area contributed by atoms with Crippen molar-refractivity contribution in [1.82, 2.24) is 9.97 Å². The van der Waals surface area contributed by atoms with Crippen molar-refractivity contribution in [3.05, 3.63) is 83.7 Å². The molecule has 164 valence electrons. The second-order valence-corrected chi connectivity index (χ2v) is 10.6. The van der Waals surface area contributed by atoms with E-state index in [1.165, 1.54) is 35.3 Å². The molecule has 2 heterocycles. The highest BCUT2D eigenvalue weighted by atomic mass is 32.2. The van der Waals surface area contributed by atoms with Crippen LogP contribution >= 0.6 is 11.3 Å². The number of carbonyl (C=O) groups excluding carboxylic acids is 1. The summed E-state index contributed by atoms with van der Waals surface area (Å²) in [6.07, 6.45) is 3.93. The third-order valence-electron chi connectivity index (χ3n) is 5.13. The summed E-state index contributed by atoms with van der Waals surface area (Å²) in [5, 5.41) is 0.622. The average molecular weight is 466 g/mol. The van der Waals surface area contributed by atoms with Gasteiger partial charge in [0, 0.05) is 12.5 Å². The molecule has 0 atom stereocenters. The fraction of sp³-hybridized carbons (Fsp3) is 0.208. The monoisotopic (exact) mass is 465 g/mol. The van der Waals surface area contributed by atoms with E-state index in [4.69, 9.17) is 4.98 Å². The number of rotatable bonds is 7. The first-order valence-corrected chi connectivity index (χ1v) is 12.9. The number of pyridine rings is 1. The van der Waals surface area contributed by atoms with Gasteiger partial charge in [-0.3, -0.25) is 14.7 Å². The molecule has 8 heteroatoms. The van der Waals surface area contributed by atoms with Gasteiger partial charge in [0.15, 0.2) is 15.0 Å². The number of anilines is 1. The fourth-order valence-corrected chi connectivity index (χ4v) is 5.01. The van der Waals surface area contributed by atoms with Crippen molar-refractivity contribution >= 4 is 42.4 Å². The average Bonchev–Trinajstić information content (AvgIpc) is 3.20. The van der Waals surface area contributed by atoms with Gasteiger partial charge in [0.05, 0.1) is 33.8 Å². The number of amides is 1. The van der Waals surface area contributed by atoms with Crippen LogP contribution in [0.3, 0.4) is 0 Å². The maximum Gasteiger partial charge on any atom is 0.233 e. The van der Waals surface area contributed by atoms with Crippen LogP contribution in [0.2, 0.25) is 0 Å². The van der Waals surface area contributed by atoms with Gasteiger partial charge in [0.25, 0.3) is 0 Å². The Bertz CT molecular complexity index is 1350. The number of thiazole rings is 1. The number of hydrogen-bond acceptors (Lipinski definition) is 6. The lowest BCUT2D eigenvalue weighted by Gasteiger charge is -2.19. The highest BCUT2D eigenvalue weighted by Gasteiger charge is 2.21. The molecule has 0 bridgehead atoms. The van der Waals surface area contributed by atoms with Gasteiger partial charge in [-0.1, -0.05) is 42.5 Å². The molecule has 0 aliphatic rings. The Labute approximate surface area is 191 Å². The molecule has 1 amide bonds. The van der Waals surface area contributed by atoms with Gasteiger partial charge in [-0.2, -0.15) is 0 Å². The Hall–Kier alpha value is -3.10. The van der Waals surface area contributed by atoms with Gasteiger partial charge in [-0.15, -0.1) is 0 Å². The van der Waals surface area contributed by atoms with Crippen molar-refractivity contribution in [1.29, 1.82) is 0 Å². The summed E-state index contributed by atoms with van der Waals surface area (Å²) in [6, 6.07) is 18.2. The van der Waals surface area contributed by atoms with E-state index in [9.17, 15) is 13.2 Å². The van der Waals surface area contributed by atoms with Gasteiger partial charge >= 0.3 is 0 Å². The van der Waals surface area contributed by atoms with Gasteiger partial charge in [0.1, 0.15) is 0 Å². The van der Waals surface area contributed by atoms with Crippen LogP contribution in [0, 0.1) is 0 Å². The van der Waals surface area contributed by atoms with Crippen LogP contribution in [0.1, 0.15) is 23.7 Å². The topological polar surface area (TPSA) is 80.2 Å². The Kier molecular flexibility index (Phi) is 6.34. The van der Waals surface area contributed by atoms with E-state index in [2.05, 4.69) is 24.0 Å². The van der Waals surface area contributed by atoms with Gasteiger partial charge in [-0.25, -0.2) is 13.4 Å². The zero-order valence-electron chi connectivity index (χ0n) is 17.9. The normalized spacial score (nSPS) is 11.6. The first-order chi connectivity index (χ1) is 15.3. The number of fused-ring (bicyclic) bond motifs is 1. The lowest BCUT2D eigenvalue weighted by atomic mass is 10.1. The van der Waals surface area contributed by atoms with Crippen molar-refractivity contribution in [2.24, 2.45) is 0 Å². The van der Waals surface area contributed by atoms with E-state index in [1.807, 2.05) is 24.3 Å². The maximum atomic E-state index is 13.3. The van der Waals surface area contributed by atoms with Crippen LogP contribution in [0.4, 0.5) is 5.13 Å². The number of carbonyl (C=O) groups is 1. The minimum atomic E-state index is -3.28. The molecule has 32 heavy (non-hydrogen) atoms. The number of hydrogen-bond donors (Lipinski definition) is 0. The summed E-state index contributed by atoms with van der Waals surface area (Å²) in [5.41, 5.74) is 3.59. The fourth-order valence-electron chi connectivity index (χ4n) is 3.33. The molecular weight excluding hydrogens is 442 g/mol. The Morgan fingerprint density at radius 2 is 1.78 bits per heavy atom. The van der Waals surface area contributed by atoms with E-state index in [1.54, 1.807) is 23.2 Å². The molecule has 2 aromatic carbocycles. The summed E-state index contributed by atoms with van der Waals surface area (Å²) in [4.78, 5) is 24.3. The largest absolute Gasteiger partial charge is 0.282 e. The standard InChI is InChI=1S/C24H23N3O3S2/c1-3-17-9-12-21-22(14-17)31-24(26-21)27(16-19-6-4-5-13-25-19)23(28)15-18-7-10-20(11-8-18)32(2,29)30/h4-14H,3,15-16H2,1-2H3.